The van der Waals surface area contributed by atoms with E-state index < -0.39 is 0 Å². The molecule has 0 aromatic carbocycles. The summed E-state index contributed by atoms with van der Waals surface area (Å²) in [6.45, 7) is 16.4. The molecular weight excluding hydrogens is 505 g/mol. The molecule has 3 rings (SSSR count). The van der Waals surface area contributed by atoms with E-state index in [2.05, 4.69) is 34.8 Å². The van der Waals surface area contributed by atoms with Crippen molar-refractivity contribution in [2.45, 2.75) is 61.3 Å². The Morgan fingerprint density at radius 2 is 2.12 bits per heavy atom. The minimum absolute atomic E-state index is 0.0390. The molecular formula is C32H50FN5O2. The molecule has 7 nitrogen and oxygen atoms in total. The average molecular weight is 556 g/mol. The predicted octanol–water partition coefficient (Wildman–Crippen LogP) is 6.10. The lowest BCUT2D eigenvalue weighted by Crippen LogP contribution is -2.52. The van der Waals surface area contributed by atoms with Crippen molar-refractivity contribution in [2.24, 2.45) is 16.4 Å². The first-order chi connectivity index (χ1) is 19.2. The van der Waals surface area contributed by atoms with Crippen molar-refractivity contribution in [2.75, 3.05) is 40.0 Å². The van der Waals surface area contributed by atoms with Gasteiger partial charge in [-0.2, -0.15) is 5.10 Å². The molecule has 222 valence electrons. The number of pyridine rings is 1. The van der Waals surface area contributed by atoms with Gasteiger partial charge in [-0.1, -0.05) is 64.2 Å². The Balaban J connectivity index is 0.000000689. The van der Waals surface area contributed by atoms with Crippen LogP contribution in [0.2, 0.25) is 0 Å². The number of nitrogens with zero attached hydrogens (tertiary/aromatic N) is 3. The van der Waals surface area contributed by atoms with Crippen molar-refractivity contribution in [1.29, 1.82) is 0 Å². The van der Waals surface area contributed by atoms with E-state index in [4.69, 9.17) is 4.74 Å². The molecule has 0 aliphatic carbocycles. The first kappa shape index (κ1) is 34.9. The Bertz CT molecular complexity index is 1060. The maximum Gasteiger partial charge on any atom is 0.265 e. The largest absolute Gasteiger partial charge is 0.384 e. The van der Waals surface area contributed by atoms with E-state index in [1.165, 1.54) is 0 Å². The van der Waals surface area contributed by atoms with Crippen LogP contribution in [0.15, 0.2) is 71.0 Å². The second-order valence-electron chi connectivity index (χ2n) is 10.2. The third-order valence-corrected chi connectivity index (χ3v) is 6.34. The molecule has 3 heterocycles. The maximum absolute atomic E-state index is 13.1. The second-order valence-corrected chi connectivity index (χ2v) is 10.2. The average Bonchev–Trinajstić information content (AvgIpc) is 3.03. The van der Waals surface area contributed by atoms with E-state index in [-0.39, 0.29) is 23.9 Å². The highest BCUT2D eigenvalue weighted by atomic mass is 19.1. The van der Waals surface area contributed by atoms with Crippen LogP contribution in [0.1, 0.15) is 65.6 Å². The minimum atomic E-state index is -0.343. The summed E-state index contributed by atoms with van der Waals surface area (Å²) in [5.74, 6) is -0.130. The molecule has 1 fully saturated rings. The summed E-state index contributed by atoms with van der Waals surface area (Å²) in [6.07, 6.45) is 15.2. The molecule has 2 unspecified atom stereocenters. The van der Waals surface area contributed by atoms with Gasteiger partial charge in [-0.25, -0.2) is 9.40 Å². The van der Waals surface area contributed by atoms with Crippen LogP contribution in [0.5, 0.6) is 0 Å². The van der Waals surface area contributed by atoms with Crippen LogP contribution in [0.25, 0.3) is 0 Å². The van der Waals surface area contributed by atoms with Crippen molar-refractivity contribution in [3.8, 4) is 0 Å². The van der Waals surface area contributed by atoms with E-state index in [9.17, 15) is 9.18 Å². The number of ether oxygens (including phenoxy) is 1. The number of hydrazone groups is 1. The Labute approximate surface area is 241 Å². The molecule has 1 aromatic rings. The number of carbonyl (C=O) groups excluding carboxylic acids is 1. The summed E-state index contributed by atoms with van der Waals surface area (Å²) in [7, 11) is 1.73. The Morgan fingerprint density at radius 1 is 1.38 bits per heavy atom. The van der Waals surface area contributed by atoms with Gasteiger partial charge in [0.05, 0.1) is 18.9 Å². The lowest BCUT2D eigenvalue weighted by Gasteiger charge is -2.39. The van der Waals surface area contributed by atoms with Gasteiger partial charge in [0.2, 0.25) is 0 Å². The number of aromatic nitrogens is 1. The second kappa shape index (κ2) is 19.1. The van der Waals surface area contributed by atoms with Crippen LogP contribution in [0, 0.1) is 18.3 Å². The number of amides is 1. The molecule has 0 saturated carbocycles. The van der Waals surface area contributed by atoms with E-state index in [1.807, 2.05) is 75.2 Å². The summed E-state index contributed by atoms with van der Waals surface area (Å²) in [5, 5.41) is 6.60. The first-order valence-corrected chi connectivity index (χ1v) is 14.2. The zero-order chi connectivity index (χ0) is 30.0. The van der Waals surface area contributed by atoms with Crippen LogP contribution in [-0.2, 0) is 9.53 Å². The van der Waals surface area contributed by atoms with Crippen molar-refractivity contribution < 1.29 is 13.9 Å². The zero-order valence-corrected chi connectivity index (χ0v) is 25.8. The molecule has 1 aromatic heterocycles. The number of hydrogen-bond acceptors (Lipinski definition) is 6. The number of halogens is 1. The number of hydrazine groups is 1. The summed E-state index contributed by atoms with van der Waals surface area (Å²) < 4.78 is 17.0. The van der Waals surface area contributed by atoms with Gasteiger partial charge in [0.25, 0.3) is 5.91 Å². The van der Waals surface area contributed by atoms with Gasteiger partial charge in [0, 0.05) is 54.6 Å². The van der Waals surface area contributed by atoms with Gasteiger partial charge in [0.1, 0.15) is 6.67 Å². The number of allylic oxidation sites excluding steroid dienone is 5. The highest BCUT2D eigenvalue weighted by Gasteiger charge is 2.32. The van der Waals surface area contributed by atoms with Crippen LogP contribution in [-0.4, -0.2) is 61.6 Å². The van der Waals surface area contributed by atoms with Crippen LogP contribution >= 0.6 is 0 Å². The summed E-state index contributed by atoms with van der Waals surface area (Å²) >= 11 is 0. The third kappa shape index (κ3) is 12.4. The lowest BCUT2D eigenvalue weighted by molar-refractivity contribution is -0.124. The number of rotatable bonds is 7. The number of carbonyl (C=O) groups is 1. The zero-order valence-electron chi connectivity index (χ0n) is 25.8. The van der Waals surface area contributed by atoms with Gasteiger partial charge in [-0.15, -0.1) is 0 Å². The van der Waals surface area contributed by atoms with Crippen molar-refractivity contribution in [3.05, 3.63) is 77.2 Å². The van der Waals surface area contributed by atoms with Gasteiger partial charge >= 0.3 is 0 Å². The SMILES string of the molecule is C/C=C\C=C(\C)CF.CC.COCC1(C)CCCN(NC(=O)C2=C/C(C)/C(c3ccnc(C)c3)=N\NC/C=C\2)C1. The quantitative estimate of drug-likeness (QED) is 0.398. The minimum Gasteiger partial charge on any atom is -0.384 e. The molecule has 40 heavy (non-hydrogen) atoms. The third-order valence-electron chi connectivity index (χ3n) is 6.34. The highest BCUT2D eigenvalue weighted by molar-refractivity contribution is 6.04. The number of alkyl halides is 1. The monoisotopic (exact) mass is 555 g/mol. The molecule has 2 atom stereocenters. The lowest BCUT2D eigenvalue weighted by atomic mass is 9.83. The number of piperidine rings is 1. The first-order valence-electron chi connectivity index (χ1n) is 14.2. The van der Waals surface area contributed by atoms with E-state index in [1.54, 1.807) is 26.3 Å². The summed E-state index contributed by atoms with van der Waals surface area (Å²) in [6, 6.07) is 3.97. The topological polar surface area (TPSA) is 78.8 Å². The van der Waals surface area contributed by atoms with Gasteiger partial charge in [-0.05, 0) is 51.3 Å². The summed E-state index contributed by atoms with van der Waals surface area (Å²) in [5.41, 5.74) is 10.5. The molecule has 1 amide bonds. The van der Waals surface area contributed by atoms with E-state index in [0.29, 0.717) is 18.7 Å². The van der Waals surface area contributed by atoms with Crippen molar-refractivity contribution in [1.82, 2.24) is 20.8 Å². The molecule has 1 saturated heterocycles. The Hall–Kier alpha value is -3.10. The maximum atomic E-state index is 13.1. The van der Waals surface area contributed by atoms with Crippen LogP contribution < -0.4 is 10.9 Å². The molecule has 2 aliphatic heterocycles. The van der Waals surface area contributed by atoms with Gasteiger partial charge in [-0.3, -0.25) is 15.2 Å². The smallest absolute Gasteiger partial charge is 0.265 e. The molecule has 0 bridgehead atoms. The van der Waals surface area contributed by atoms with Gasteiger partial charge in [0.15, 0.2) is 0 Å². The highest BCUT2D eigenvalue weighted by Crippen LogP contribution is 2.28. The molecule has 0 radical (unpaired) electrons. The van der Waals surface area contributed by atoms with Crippen molar-refractivity contribution in [3.63, 3.8) is 0 Å². The fourth-order valence-electron chi connectivity index (χ4n) is 4.45. The predicted molar refractivity (Wildman–Crippen MR) is 165 cm³/mol. The van der Waals surface area contributed by atoms with Crippen LogP contribution in [0.4, 0.5) is 4.39 Å². The van der Waals surface area contributed by atoms with Gasteiger partial charge < -0.3 is 10.2 Å². The number of hydrogen-bond donors (Lipinski definition) is 2. The number of nitrogens with one attached hydrogen (secondary N) is 2. The molecule has 8 heteroatoms. The molecule has 0 spiro atoms. The van der Waals surface area contributed by atoms with E-state index in [0.717, 1.165) is 48.5 Å². The number of aryl methyl sites for hydroxylation is 1. The number of methoxy groups -OCH3 is 1. The Morgan fingerprint density at radius 3 is 2.77 bits per heavy atom. The fourth-order valence-corrected chi connectivity index (χ4v) is 4.45. The normalized spacial score (nSPS) is 25.1. The molecule has 2 N–H and O–H groups in total. The molecule has 2 aliphatic rings. The summed E-state index contributed by atoms with van der Waals surface area (Å²) in [4.78, 5) is 17.4. The Kier molecular flexibility index (Phi) is 16.6. The van der Waals surface area contributed by atoms with Crippen LogP contribution in [0.3, 0.4) is 0 Å². The fraction of sp³-hybridized carbons (Fsp3) is 0.531. The standard InChI is InChI=1S/C23H33N5O2.C7H11F.C2H6/c1-17-13-20(22(29)27-28-12-6-9-23(3,15-28)16-30-4)7-5-10-25-26-21(17)19-8-11-24-18(2)14-19;1-3-4-5-7(2)6-8;1-2/h5,7-8,11,13-14,17,25H,6,9-10,12,15-16H2,1-4H3,(H,27,29);3-5H,6H2,1-2H3;1-2H3/b7-5-,20-13+,26-21+;4-3-,7-5-;. The van der Waals surface area contributed by atoms with E-state index >= 15 is 0 Å². The van der Waals surface area contributed by atoms with Crippen molar-refractivity contribution >= 4 is 11.6 Å².